The average molecular weight is 359 g/mol. The Bertz CT molecular complexity index is 719. The van der Waals surface area contributed by atoms with E-state index >= 15 is 0 Å². The number of rotatable bonds is 2. The molecule has 25 heavy (non-hydrogen) atoms. The molecule has 4 nitrogen and oxygen atoms in total. The fourth-order valence-corrected chi connectivity index (χ4v) is 3.79. The van der Waals surface area contributed by atoms with Gasteiger partial charge < -0.3 is 15.0 Å². The third kappa shape index (κ3) is 3.24. The van der Waals surface area contributed by atoms with Gasteiger partial charge in [-0.1, -0.05) is 48.5 Å². The Hall–Kier alpha value is -2.04. The first-order valence-corrected chi connectivity index (χ1v) is 8.58. The first-order valence-electron chi connectivity index (χ1n) is 8.58. The Labute approximate surface area is 154 Å². The van der Waals surface area contributed by atoms with E-state index in [0.717, 1.165) is 13.1 Å². The van der Waals surface area contributed by atoms with Crippen molar-refractivity contribution < 1.29 is 9.53 Å². The van der Waals surface area contributed by atoms with E-state index in [1.165, 1.54) is 22.3 Å². The van der Waals surface area contributed by atoms with Crippen LogP contribution >= 0.6 is 12.4 Å². The van der Waals surface area contributed by atoms with Gasteiger partial charge in [0.05, 0.1) is 0 Å². The number of fused-ring (bicyclic) bond motifs is 3. The summed E-state index contributed by atoms with van der Waals surface area (Å²) >= 11 is 0. The van der Waals surface area contributed by atoms with Crippen molar-refractivity contribution in [2.24, 2.45) is 0 Å². The predicted octanol–water partition coefficient (Wildman–Crippen LogP) is 3.65. The topological polar surface area (TPSA) is 41.6 Å². The summed E-state index contributed by atoms with van der Waals surface area (Å²) in [6.07, 6.45) is -0.203. The van der Waals surface area contributed by atoms with Gasteiger partial charge in [-0.05, 0) is 29.2 Å². The van der Waals surface area contributed by atoms with E-state index in [1.54, 1.807) is 0 Å². The van der Waals surface area contributed by atoms with Gasteiger partial charge in [0.25, 0.3) is 0 Å². The molecule has 0 saturated carbocycles. The normalized spacial score (nSPS) is 18.9. The van der Waals surface area contributed by atoms with E-state index in [9.17, 15) is 4.79 Å². The van der Waals surface area contributed by atoms with Crippen LogP contribution in [-0.4, -0.2) is 43.3 Å². The van der Waals surface area contributed by atoms with Crippen molar-refractivity contribution in [3.8, 4) is 11.1 Å². The van der Waals surface area contributed by atoms with Crippen molar-refractivity contribution in [2.45, 2.75) is 18.9 Å². The first kappa shape index (κ1) is 17.8. The van der Waals surface area contributed by atoms with Gasteiger partial charge in [0, 0.05) is 31.6 Å². The van der Waals surface area contributed by atoms with Crippen molar-refractivity contribution >= 4 is 18.5 Å². The Morgan fingerprint density at radius 1 is 1.12 bits per heavy atom. The van der Waals surface area contributed by atoms with E-state index in [2.05, 4.69) is 53.8 Å². The quantitative estimate of drug-likeness (QED) is 0.890. The van der Waals surface area contributed by atoms with Crippen molar-refractivity contribution in [3.63, 3.8) is 0 Å². The largest absolute Gasteiger partial charge is 0.448 e. The van der Waals surface area contributed by atoms with Gasteiger partial charge >= 0.3 is 6.09 Å². The highest BCUT2D eigenvalue weighted by molar-refractivity contribution is 5.85. The molecule has 2 aromatic carbocycles. The summed E-state index contributed by atoms with van der Waals surface area (Å²) in [7, 11) is 0. The monoisotopic (exact) mass is 358 g/mol. The van der Waals surface area contributed by atoms with Crippen LogP contribution in [0.1, 0.15) is 24.0 Å². The molecule has 2 aliphatic rings. The van der Waals surface area contributed by atoms with E-state index in [-0.39, 0.29) is 30.5 Å². The first-order chi connectivity index (χ1) is 11.8. The summed E-state index contributed by atoms with van der Waals surface area (Å²) in [5.41, 5.74) is 5.01. The summed E-state index contributed by atoms with van der Waals surface area (Å²) in [6, 6.07) is 17.0. The van der Waals surface area contributed by atoms with Gasteiger partial charge in [0.1, 0.15) is 6.61 Å². The number of carbonyl (C=O) groups is 1. The van der Waals surface area contributed by atoms with Crippen LogP contribution in [-0.2, 0) is 4.74 Å². The van der Waals surface area contributed by atoms with Crippen molar-refractivity contribution in [3.05, 3.63) is 59.7 Å². The van der Waals surface area contributed by atoms with Crippen LogP contribution in [0.25, 0.3) is 11.1 Å². The maximum absolute atomic E-state index is 12.5. The molecule has 0 unspecified atom stereocenters. The number of ether oxygens (including phenoxy) is 1. The lowest BCUT2D eigenvalue weighted by Gasteiger charge is -2.33. The molecule has 1 heterocycles. The number of piperazine rings is 1. The second-order valence-corrected chi connectivity index (χ2v) is 6.55. The molecule has 1 N–H and O–H groups in total. The Morgan fingerprint density at radius 2 is 1.72 bits per heavy atom. The van der Waals surface area contributed by atoms with E-state index in [4.69, 9.17) is 4.74 Å². The second kappa shape index (κ2) is 7.46. The summed E-state index contributed by atoms with van der Waals surface area (Å²) in [5, 5.41) is 3.29. The highest BCUT2D eigenvalue weighted by Crippen LogP contribution is 2.44. The van der Waals surface area contributed by atoms with Gasteiger partial charge in [-0.3, -0.25) is 0 Å². The molecule has 2 aromatic rings. The summed E-state index contributed by atoms with van der Waals surface area (Å²) in [4.78, 5) is 14.3. The van der Waals surface area contributed by atoms with Crippen molar-refractivity contribution in [2.75, 3.05) is 26.2 Å². The molecular formula is C20H23ClN2O2. The number of nitrogens with one attached hydrogen (secondary N) is 1. The maximum Gasteiger partial charge on any atom is 0.410 e. The van der Waals surface area contributed by atoms with Crippen LogP contribution in [0.15, 0.2) is 48.5 Å². The molecule has 4 rings (SSSR count). The highest BCUT2D eigenvalue weighted by atomic mass is 35.5. The molecule has 1 fully saturated rings. The third-order valence-corrected chi connectivity index (χ3v) is 5.07. The minimum atomic E-state index is -0.203. The van der Waals surface area contributed by atoms with E-state index in [1.807, 2.05) is 11.8 Å². The molecular weight excluding hydrogens is 336 g/mol. The lowest BCUT2D eigenvalue weighted by Crippen LogP contribution is -2.52. The van der Waals surface area contributed by atoms with Crippen LogP contribution in [0.2, 0.25) is 0 Å². The zero-order valence-electron chi connectivity index (χ0n) is 14.3. The molecule has 1 aliphatic carbocycles. The zero-order valence-corrected chi connectivity index (χ0v) is 15.1. The van der Waals surface area contributed by atoms with Crippen LogP contribution in [0.4, 0.5) is 4.79 Å². The lowest BCUT2D eigenvalue weighted by molar-refractivity contribution is 0.0792. The second-order valence-electron chi connectivity index (χ2n) is 6.55. The molecule has 0 bridgehead atoms. The molecule has 0 aromatic heterocycles. The molecule has 0 radical (unpaired) electrons. The number of hydrogen-bond donors (Lipinski definition) is 1. The van der Waals surface area contributed by atoms with Gasteiger partial charge in [-0.2, -0.15) is 0 Å². The van der Waals surface area contributed by atoms with Gasteiger partial charge in [-0.25, -0.2) is 4.79 Å². The van der Waals surface area contributed by atoms with Crippen molar-refractivity contribution in [1.29, 1.82) is 0 Å². The Balaban J connectivity index is 0.00000182. The molecule has 1 aliphatic heterocycles. The van der Waals surface area contributed by atoms with Gasteiger partial charge in [0.2, 0.25) is 0 Å². The molecule has 132 valence electrons. The SMILES string of the molecule is C[C@@H]1CNCCN1C(=O)OCC1c2ccccc2-c2ccccc21.Cl. The number of nitrogens with zero attached hydrogens (tertiary/aromatic N) is 1. The Kier molecular flexibility index (Phi) is 5.30. The highest BCUT2D eigenvalue weighted by Gasteiger charge is 2.30. The molecule has 1 atom stereocenters. The number of hydrogen-bond acceptors (Lipinski definition) is 3. The number of carbonyl (C=O) groups excluding carboxylic acids is 1. The summed E-state index contributed by atoms with van der Waals surface area (Å²) < 4.78 is 5.71. The number of amides is 1. The predicted molar refractivity (Wildman–Crippen MR) is 101 cm³/mol. The third-order valence-electron chi connectivity index (χ3n) is 5.07. The number of halogens is 1. The average Bonchev–Trinajstić information content (AvgIpc) is 2.94. The van der Waals surface area contributed by atoms with Gasteiger partial charge in [0.15, 0.2) is 0 Å². The van der Waals surface area contributed by atoms with Crippen LogP contribution in [0.5, 0.6) is 0 Å². The molecule has 0 spiro atoms. The molecule has 1 amide bonds. The van der Waals surface area contributed by atoms with E-state index < -0.39 is 0 Å². The fraction of sp³-hybridized carbons (Fsp3) is 0.350. The molecule has 5 heteroatoms. The van der Waals surface area contributed by atoms with Crippen molar-refractivity contribution in [1.82, 2.24) is 10.2 Å². The maximum atomic E-state index is 12.5. The van der Waals surface area contributed by atoms with Gasteiger partial charge in [-0.15, -0.1) is 12.4 Å². The minimum absolute atomic E-state index is 0. The smallest absolute Gasteiger partial charge is 0.410 e. The van der Waals surface area contributed by atoms with Crippen LogP contribution < -0.4 is 5.32 Å². The lowest BCUT2D eigenvalue weighted by atomic mass is 9.98. The van der Waals surface area contributed by atoms with Crippen LogP contribution in [0, 0.1) is 0 Å². The fourth-order valence-electron chi connectivity index (χ4n) is 3.79. The summed E-state index contributed by atoms with van der Waals surface area (Å²) in [6.45, 7) is 4.80. The Morgan fingerprint density at radius 3 is 2.32 bits per heavy atom. The van der Waals surface area contributed by atoms with E-state index in [0.29, 0.717) is 13.2 Å². The minimum Gasteiger partial charge on any atom is -0.448 e. The molecule has 1 saturated heterocycles. The standard InChI is InChI=1S/C20H22N2O2.ClH/c1-14-12-21-10-11-22(14)20(23)24-13-19-17-8-4-2-6-15(17)16-7-3-5-9-18(16)19;/h2-9,14,19,21H,10-13H2,1H3;1H/t14-;/m1./s1. The van der Waals surface area contributed by atoms with Crippen LogP contribution in [0.3, 0.4) is 0 Å². The summed E-state index contributed by atoms with van der Waals surface area (Å²) in [5.74, 6) is 0.125. The number of benzene rings is 2. The zero-order chi connectivity index (χ0) is 16.5.